The number of fused-ring (bicyclic) bond motifs is 2. The van der Waals surface area contributed by atoms with E-state index in [1.165, 1.54) is 34.1 Å². The molecule has 0 aliphatic carbocycles. The minimum atomic E-state index is -1.66. The summed E-state index contributed by atoms with van der Waals surface area (Å²) in [7, 11) is 0. The van der Waals surface area contributed by atoms with Gasteiger partial charge in [-0.2, -0.15) is 0 Å². The number of carbonyl (C=O) groups excluding carboxylic acids is 7. The molecule has 11 N–H and O–H groups in total. The first-order valence-electron chi connectivity index (χ1n) is 22.0. The number of pyridine rings is 4. The molecule has 7 rings (SSSR count). The summed E-state index contributed by atoms with van der Waals surface area (Å²) in [5, 5.41) is 54.1. The second kappa shape index (κ2) is 25.0. The van der Waals surface area contributed by atoms with Crippen LogP contribution in [-0.2, 0) is 9.53 Å². The quantitative estimate of drug-likeness (QED) is 0.0598. The summed E-state index contributed by atoms with van der Waals surface area (Å²) < 4.78 is 5.33. The van der Waals surface area contributed by atoms with Crippen LogP contribution in [0, 0.1) is 0 Å². The third-order valence-electron chi connectivity index (χ3n) is 10.7. The summed E-state index contributed by atoms with van der Waals surface area (Å²) in [6, 6.07) is 8.97. The number of hydrogen-bond acceptors (Lipinski definition) is 17. The van der Waals surface area contributed by atoms with E-state index in [1.807, 2.05) is 0 Å². The summed E-state index contributed by atoms with van der Waals surface area (Å²) in [5.41, 5.74) is -2.64. The molecule has 71 heavy (non-hydrogen) atoms. The molecule has 0 radical (unpaired) electrons. The fourth-order valence-electron chi connectivity index (χ4n) is 7.01. The van der Waals surface area contributed by atoms with E-state index in [2.05, 4.69) is 26.6 Å². The SMILES string of the molecule is NCCOCCNC(=O)C1CNC(=O)c2ccc(n(O)c2=O)C(=O)NCCCN(C(=O)c2cccc(=O)n2O)CCCCN(C(=O)c2cccc(=O)n2O)CCCNC(=O)c2ccc(c(=O)n2O)C(=O)N1. The average Bonchev–Trinajstić information content (AvgIpc) is 3.34. The molecule has 0 saturated heterocycles. The Bertz CT molecular complexity index is 2890. The van der Waals surface area contributed by atoms with E-state index < -0.39 is 110 Å². The van der Waals surface area contributed by atoms with Gasteiger partial charge >= 0.3 is 0 Å². The van der Waals surface area contributed by atoms with Gasteiger partial charge in [-0.1, -0.05) is 12.1 Å². The maximum atomic E-state index is 13.7. The highest BCUT2D eigenvalue weighted by atomic mass is 16.5. The summed E-state index contributed by atoms with van der Waals surface area (Å²) in [6.45, 7) is -1.10. The van der Waals surface area contributed by atoms with Crippen molar-refractivity contribution in [3.05, 3.63) is 136 Å². The first-order valence-corrected chi connectivity index (χ1v) is 22.0. The van der Waals surface area contributed by atoms with Crippen molar-refractivity contribution in [2.75, 3.05) is 72.1 Å². The molecule has 3 aliphatic rings. The van der Waals surface area contributed by atoms with Crippen molar-refractivity contribution in [2.24, 2.45) is 5.73 Å². The Morgan fingerprint density at radius 2 is 1.04 bits per heavy atom. The molecule has 0 spiro atoms. The minimum absolute atomic E-state index is 0.0109. The normalized spacial score (nSPS) is 16.0. The maximum Gasteiger partial charge on any atom is 0.296 e. The highest BCUT2D eigenvalue weighted by Crippen LogP contribution is 2.10. The predicted molar refractivity (Wildman–Crippen MR) is 243 cm³/mol. The summed E-state index contributed by atoms with van der Waals surface area (Å²) in [4.78, 5) is 147. The van der Waals surface area contributed by atoms with Crippen LogP contribution >= 0.6 is 0 Å². The Kier molecular flexibility index (Phi) is 18.7. The largest absolute Gasteiger partial charge is 0.425 e. The molecule has 1 atom stereocenters. The van der Waals surface area contributed by atoms with Gasteiger partial charge in [0.05, 0.1) is 13.2 Å². The van der Waals surface area contributed by atoms with Crippen LogP contribution < -0.4 is 54.6 Å². The zero-order valence-corrected chi connectivity index (χ0v) is 37.9. The minimum Gasteiger partial charge on any atom is -0.425 e. The molecule has 28 nitrogen and oxygen atoms in total. The van der Waals surface area contributed by atoms with E-state index in [9.17, 15) is 73.6 Å². The number of carbonyl (C=O) groups is 7. The number of hydrogen-bond donors (Lipinski definition) is 10. The lowest BCUT2D eigenvalue weighted by molar-refractivity contribution is -0.123. The Labute approximate surface area is 400 Å². The molecular formula is C43H52N12O16. The van der Waals surface area contributed by atoms with Gasteiger partial charge in [0.25, 0.3) is 57.7 Å². The van der Waals surface area contributed by atoms with E-state index in [4.69, 9.17) is 10.5 Å². The van der Waals surface area contributed by atoms with Crippen molar-refractivity contribution in [1.82, 2.24) is 55.3 Å². The van der Waals surface area contributed by atoms with Crippen LogP contribution in [0.15, 0.2) is 79.8 Å². The lowest BCUT2D eigenvalue weighted by Crippen LogP contribution is -2.54. The van der Waals surface area contributed by atoms with Crippen molar-refractivity contribution in [1.29, 1.82) is 0 Å². The van der Waals surface area contributed by atoms with Crippen LogP contribution in [0.3, 0.4) is 0 Å². The monoisotopic (exact) mass is 992 g/mol. The number of nitrogens with two attached hydrogens (primary N) is 1. The first-order chi connectivity index (χ1) is 34.0. The van der Waals surface area contributed by atoms with Gasteiger partial charge in [-0.25, -0.2) is 0 Å². The lowest BCUT2D eigenvalue weighted by Gasteiger charge is -2.26. The van der Waals surface area contributed by atoms with Crippen molar-refractivity contribution in [2.45, 2.75) is 31.7 Å². The van der Waals surface area contributed by atoms with Gasteiger partial charge in [-0.05, 0) is 62.1 Å². The highest BCUT2D eigenvalue weighted by molar-refractivity contribution is 6.00. The number of aromatic nitrogens is 4. The molecule has 4 aromatic rings. The molecule has 4 aromatic heterocycles. The Hall–Kier alpha value is -8.79. The molecule has 7 heterocycles. The molecule has 28 heteroatoms. The van der Waals surface area contributed by atoms with Crippen LogP contribution in [-0.4, -0.2) is 169 Å². The van der Waals surface area contributed by atoms with Gasteiger partial charge in [0, 0.05) is 71.0 Å². The van der Waals surface area contributed by atoms with Gasteiger partial charge in [-0.3, -0.25) is 52.7 Å². The molecule has 0 aromatic carbocycles. The van der Waals surface area contributed by atoms with Gasteiger partial charge in [0.1, 0.15) is 39.9 Å². The van der Waals surface area contributed by atoms with Crippen LogP contribution in [0.1, 0.15) is 88.4 Å². The van der Waals surface area contributed by atoms with Crippen molar-refractivity contribution in [3.63, 3.8) is 0 Å². The Morgan fingerprint density at radius 3 is 1.52 bits per heavy atom. The standard InChI is InChI=1S/C43H52N12O16/c44-15-23-71-24-18-47-37(60)28-25-48-35(58)26-11-13-29(54(69)40(26)63)38(61)45-16-5-21-50(42(65)31-7-3-9-33(56)52(31)67)19-1-2-20-51(43(66)32-8-4-10-34(57)53(32)68)22-6-17-46-39(62)30-14-12-27(36(59)49-28)41(64)55(30)70/h3-4,7-14,28,67-70H,1-2,5-6,15-25,44H2,(H,45,61)(H,46,62)(H,47,60)(H,48,58)(H,49,59). The predicted octanol–water partition coefficient (Wildman–Crippen LogP) is -3.78. The smallest absolute Gasteiger partial charge is 0.296 e. The van der Waals surface area contributed by atoms with E-state index in [-0.39, 0.29) is 110 Å². The van der Waals surface area contributed by atoms with Crippen LogP contribution in [0.2, 0.25) is 0 Å². The first kappa shape index (κ1) is 53.2. The van der Waals surface area contributed by atoms with Crippen LogP contribution in [0.5, 0.6) is 0 Å². The molecule has 1 unspecified atom stereocenters. The zero-order valence-electron chi connectivity index (χ0n) is 37.9. The third kappa shape index (κ3) is 13.5. The van der Waals surface area contributed by atoms with E-state index in [0.717, 1.165) is 36.4 Å². The summed E-state index contributed by atoms with van der Waals surface area (Å²) in [6.07, 6.45) is 0.427. The molecule has 3 aliphatic heterocycles. The van der Waals surface area contributed by atoms with Gasteiger partial charge in [-0.15, -0.1) is 18.9 Å². The van der Waals surface area contributed by atoms with Gasteiger partial charge in [0.15, 0.2) is 0 Å². The summed E-state index contributed by atoms with van der Waals surface area (Å²) in [5.74, 6) is -6.88. The maximum absolute atomic E-state index is 13.7. The molecule has 7 amide bonds. The van der Waals surface area contributed by atoms with E-state index in [1.54, 1.807) is 0 Å². The van der Waals surface area contributed by atoms with Crippen molar-refractivity contribution in [3.8, 4) is 0 Å². The Morgan fingerprint density at radius 1 is 0.577 bits per heavy atom. The van der Waals surface area contributed by atoms with Gasteiger partial charge < -0.3 is 67.7 Å². The number of ether oxygens (including phenoxy) is 1. The third-order valence-corrected chi connectivity index (χ3v) is 10.7. The second-order valence-corrected chi connectivity index (χ2v) is 15.6. The number of amides is 7. The van der Waals surface area contributed by atoms with Crippen molar-refractivity contribution < 1.29 is 59.1 Å². The fraction of sp³-hybridized carbons (Fsp3) is 0.372. The lowest BCUT2D eigenvalue weighted by atomic mass is 10.1. The molecule has 0 saturated carbocycles. The highest BCUT2D eigenvalue weighted by Gasteiger charge is 2.28. The van der Waals surface area contributed by atoms with E-state index >= 15 is 0 Å². The number of nitrogens with zero attached hydrogens (tertiary/aromatic N) is 6. The topological polar surface area (TPSA) is 390 Å². The van der Waals surface area contributed by atoms with Crippen LogP contribution in [0.4, 0.5) is 0 Å². The van der Waals surface area contributed by atoms with E-state index in [0.29, 0.717) is 0 Å². The summed E-state index contributed by atoms with van der Waals surface area (Å²) >= 11 is 0. The van der Waals surface area contributed by atoms with Crippen LogP contribution in [0.25, 0.3) is 0 Å². The molecule has 0 fully saturated rings. The number of nitrogens with one attached hydrogen (secondary N) is 5. The average molecular weight is 993 g/mol. The number of rotatable bonds is 8. The molecule has 4 bridgehead atoms. The van der Waals surface area contributed by atoms with Gasteiger partial charge in [0.2, 0.25) is 5.91 Å². The fourth-order valence-corrected chi connectivity index (χ4v) is 7.01. The Balaban J connectivity index is 1.44. The molecule has 380 valence electrons. The zero-order chi connectivity index (χ0) is 51.8. The molecular weight excluding hydrogens is 941 g/mol. The second-order valence-electron chi connectivity index (χ2n) is 15.6. The van der Waals surface area contributed by atoms with Crippen molar-refractivity contribution >= 4 is 41.4 Å².